The van der Waals surface area contributed by atoms with E-state index >= 15 is 0 Å². The number of carbonyl (C=O) groups excluding carboxylic acids is 1. The number of nitrogens with zero attached hydrogens (tertiary/aromatic N) is 2. The highest BCUT2D eigenvalue weighted by molar-refractivity contribution is 7.99. The average molecular weight is 364 g/mol. The maximum atomic E-state index is 12.6. The first-order valence-electron chi connectivity index (χ1n) is 7.76. The Kier molecular flexibility index (Phi) is 4.96. The predicted molar refractivity (Wildman–Crippen MR) is 95.7 cm³/mol. The number of amides is 1. The molecule has 1 aromatic heterocycles. The minimum absolute atomic E-state index is 0.0841. The maximum absolute atomic E-state index is 12.6. The van der Waals surface area contributed by atoms with Crippen molar-refractivity contribution in [3.05, 3.63) is 57.0 Å². The molecule has 126 valence electrons. The molecular formula is C17H18ClN3O2S. The van der Waals surface area contributed by atoms with Gasteiger partial charge in [0.2, 0.25) is 0 Å². The van der Waals surface area contributed by atoms with Crippen molar-refractivity contribution in [1.29, 1.82) is 0 Å². The summed E-state index contributed by atoms with van der Waals surface area (Å²) in [6, 6.07) is 7.15. The van der Waals surface area contributed by atoms with Crippen LogP contribution in [0.4, 0.5) is 0 Å². The first-order chi connectivity index (χ1) is 11.5. The third-order valence-electron chi connectivity index (χ3n) is 3.98. The van der Waals surface area contributed by atoms with Crippen LogP contribution in [0.25, 0.3) is 0 Å². The summed E-state index contributed by atoms with van der Waals surface area (Å²) in [5.74, 6) is 0.580. The van der Waals surface area contributed by atoms with Crippen LogP contribution < -0.4 is 10.9 Å². The van der Waals surface area contributed by atoms with Gasteiger partial charge in [-0.3, -0.25) is 14.2 Å². The molecule has 2 aromatic rings. The van der Waals surface area contributed by atoms with Crippen LogP contribution in [0, 0.1) is 5.92 Å². The van der Waals surface area contributed by atoms with Gasteiger partial charge in [0, 0.05) is 23.5 Å². The summed E-state index contributed by atoms with van der Waals surface area (Å²) in [7, 11) is 0. The molecule has 1 aliphatic rings. The molecule has 1 N–H and O–H groups in total. The molecule has 1 atom stereocenters. The molecule has 2 heterocycles. The van der Waals surface area contributed by atoms with Gasteiger partial charge >= 0.3 is 0 Å². The smallest absolute Gasteiger partial charge is 0.267 e. The van der Waals surface area contributed by atoms with Crippen molar-refractivity contribution in [2.45, 2.75) is 31.6 Å². The maximum Gasteiger partial charge on any atom is 0.267 e. The van der Waals surface area contributed by atoms with Gasteiger partial charge in [-0.2, -0.15) is 0 Å². The molecule has 7 heteroatoms. The van der Waals surface area contributed by atoms with Crippen LogP contribution in [0.5, 0.6) is 0 Å². The van der Waals surface area contributed by atoms with Crippen molar-refractivity contribution in [3.63, 3.8) is 0 Å². The van der Waals surface area contributed by atoms with Crippen LogP contribution in [-0.4, -0.2) is 21.2 Å². The highest BCUT2D eigenvalue weighted by Gasteiger charge is 2.24. The average Bonchev–Trinajstić information content (AvgIpc) is 3.03. The fourth-order valence-electron chi connectivity index (χ4n) is 2.70. The van der Waals surface area contributed by atoms with Crippen molar-refractivity contribution in [1.82, 2.24) is 14.9 Å². The Labute approximate surface area is 149 Å². The Morgan fingerprint density at radius 2 is 2.04 bits per heavy atom. The van der Waals surface area contributed by atoms with E-state index in [0.717, 1.165) is 11.3 Å². The van der Waals surface area contributed by atoms with Gasteiger partial charge in [0.25, 0.3) is 11.5 Å². The molecule has 1 amide bonds. The van der Waals surface area contributed by atoms with Gasteiger partial charge in [0.15, 0.2) is 5.16 Å². The molecule has 3 rings (SSSR count). The van der Waals surface area contributed by atoms with Crippen LogP contribution >= 0.6 is 23.4 Å². The van der Waals surface area contributed by atoms with E-state index in [2.05, 4.69) is 10.3 Å². The molecule has 5 nitrogen and oxygen atoms in total. The fourth-order valence-corrected chi connectivity index (χ4v) is 3.74. The van der Waals surface area contributed by atoms with Crippen molar-refractivity contribution >= 4 is 29.3 Å². The lowest BCUT2D eigenvalue weighted by atomic mass is 9.96. The summed E-state index contributed by atoms with van der Waals surface area (Å²) in [6.07, 6.45) is 1.38. The van der Waals surface area contributed by atoms with Gasteiger partial charge in [0.05, 0.1) is 6.04 Å². The first kappa shape index (κ1) is 17.0. The van der Waals surface area contributed by atoms with Gasteiger partial charge in [-0.1, -0.05) is 49.3 Å². The Bertz CT molecular complexity index is 818. The lowest BCUT2D eigenvalue weighted by molar-refractivity contribution is 0.0922. The second-order valence-corrected chi connectivity index (χ2v) is 7.50. The quantitative estimate of drug-likeness (QED) is 0.847. The first-order valence-corrected chi connectivity index (χ1v) is 9.12. The van der Waals surface area contributed by atoms with Crippen LogP contribution in [0.3, 0.4) is 0 Å². The summed E-state index contributed by atoms with van der Waals surface area (Å²) in [6.45, 7) is 4.63. The summed E-state index contributed by atoms with van der Waals surface area (Å²) < 4.78 is 1.56. The zero-order valence-corrected chi connectivity index (χ0v) is 15.0. The SMILES string of the molecule is CC(C)C(NC(=O)c1cnc2n(c1=O)CCS2)c1ccc(Cl)cc1. The highest BCUT2D eigenvalue weighted by atomic mass is 35.5. The molecule has 0 fully saturated rings. The number of halogens is 1. The highest BCUT2D eigenvalue weighted by Crippen LogP contribution is 2.24. The van der Waals surface area contributed by atoms with E-state index in [-0.39, 0.29) is 23.1 Å². The van der Waals surface area contributed by atoms with Crippen LogP contribution in [-0.2, 0) is 6.54 Å². The monoisotopic (exact) mass is 363 g/mol. The van der Waals surface area contributed by atoms with Crippen LogP contribution in [0.15, 0.2) is 40.4 Å². The largest absolute Gasteiger partial charge is 0.345 e. The Hall–Kier alpha value is -1.79. The van der Waals surface area contributed by atoms with E-state index in [1.54, 1.807) is 16.7 Å². The van der Waals surface area contributed by atoms with E-state index < -0.39 is 5.91 Å². The standard InChI is InChI=1S/C17H18ClN3O2S/c1-10(2)14(11-3-5-12(18)6-4-11)20-15(22)13-9-19-17-21(16(13)23)7-8-24-17/h3-6,9-10,14H,7-8H2,1-2H3,(H,20,22). The zero-order valence-electron chi connectivity index (χ0n) is 13.5. The number of aromatic nitrogens is 2. The minimum Gasteiger partial charge on any atom is -0.345 e. The molecule has 24 heavy (non-hydrogen) atoms. The lowest BCUT2D eigenvalue weighted by Gasteiger charge is -2.23. The third kappa shape index (κ3) is 3.35. The van der Waals surface area contributed by atoms with Gasteiger partial charge in [-0.25, -0.2) is 4.98 Å². The minimum atomic E-state index is -0.395. The van der Waals surface area contributed by atoms with Gasteiger partial charge in [0.1, 0.15) is 5.56 Å². The number of nitrogens with one attached hydrogen (secondary N) is 1. The number of hydrogen-bond donors (Lipinski definition) is 1. The van der Waals surface area contributed by atoms with E-state index in [1.807, 2.05) is 26.0 Å². The Morgan fingerprint density at radius 1 is 1.33 bits per heavy atom. The molecule has 1 aliphatic heterocycles. The Balaban J connectivity index is 1.87. The molecule has 0 radical (unpaired) electrons. The van der Waals surface area contributed by atoms with E-state index in [4.69, 9.17) is 11.6 Å². The summed E-state index contributed by atoms with van der Waals surface area (Å²) >= 11 is 7.46. The lowest BCUT2D eigenvalue weighted by Crippen LogP contribution is -2.37. The molecule has 0 saturated heterocycles. The topological polar surface area (TPSA) is 64.0 Å². The number of benzene rings is 1. The molecule has 0 spiro atoms. The molecular weight excluding hydrogens is 346 g/mol. The summed E-state index contributed by atoms with van der Waals surface area (Å²) in [5, 5.41) is 4.28. The summed E-state index contributed by atoms with van der Waals surface area (Å²) in [4.78, 5) is 29.3. The van der Waals surface area contributed by atoms with Crippen molar-refractivity contribution in [2.75, 3.05) is 5.75 Å². The van der Waals surface area contributed by atoms with Crippen molar-refractivity contribution in [2.24, 2.45) is 5.92 Å². The molecule has 0 bridgehead atoms. The van der Waals surface area contributed by atoms with Crippen molar-refractivity contribution < 1.29 is 4.79 Å². The van der Waals surface area contributed by atoms with Gasteiger partial charge in [-0.05, 0) is 23.6 Å². The van der Waals surface area contributed by atoms with Gasteiger partial charge in [-0.15, -0.1) is 0 Å². The van der Waals surface area contributed by atoms with Crippen LogP contribution in [0.1, 0.15) is 35.8 Å². The zero-order chi connectivity index (χ0) is 17.3. The van der Waals surface area contributed by atoms with Gasteiger partial charge < -0.3 is 5.32 Å². The van der Waals surface area contributed by atoms with E-state index in [0.29, 0.717) is 16.7 Å². The number of hydrogen-bond acceptors (Lipinski definition) is 4. The molecule has 0 saturated carbocycles. The predicted octanol–water partition coefficient (Wildman–Crippen LogP) is 3.13. The number of rotatable bonds is 4. The Morgan fingerprint density at radius 3 is 2.71 bits per heavy atom. The van der Waals surface area contributed by atoms with E-state index in [9.17, 15) is 9.59 Å². The van der Waals surface area contributed by atoms with Crippen LogP contribution in [0.2, 0.25) is 5.02 Å². The second kappa shape index (κ2) is 6.99. The summed E-state index contributed by atoms with van der Waals surface area (Å²) in [5.41, 5.74) is 0.759. The number of thioether (sulfide) groups is 1. The normalized spacial score (nSPS) is 14.5. The molecule has 1 unspecified atom stereocenters. The molecule has 1 aromatic carbocycles. The molecule has 0 aliphatic carbocycles. The number of fused-ring (bicyclic) bond motifs is 1. The van der Waals surface area contributed by atoms with E-state index in [1.165, 1.54) is 18.0 Å². The number of carbonyl (C=O) groups is 1. The second-order valence-electron chi connectivity index (χ2n) is 6.01. The third-order valence-corrected chi connectivity index (χ3v) is 5.21. The fraction of sp³-hybridized carbons (Fsp3) is 0.353. The van der Waals surface area contributed by atoms with Crippen molar-refractivity contribution in [3.8, 4) is 0 Å².